The van der Waals surface area contributed by atoms with Gasteiger partial charge in [0.15, 0.2) is 0 Å². The van der Waals surface area contributed by atoms with Crippen LogP contribution < -0.4 is 0 Å². The summed E-state index contributed by atoms with van der Waals surface area (Å²) in [7, 11) is 1.87. The molecule has 0 aromatic heterocycles. The smallest absolute Gasteiger partial charge is 0.146 e. The molecule has 56 valence electrons. The highest BCUT2D eigenvalue weighted by Crippen LogP contribution is 2.01. The minimum atomic E-state index is -0.0602. The van der Waals surface area contributed by atoms with Gasteiger partial charge in [-0.1, -0.05) is 12.2 Å². The lowest BCUT2D eigenvalue weighted by atomic mass is 10.2. The number of allylic oxidation sites excluding steroid dienone is 2. The Labute approximate surface area is 66.6 Å². The molecular formula is C7H10ClNO. The number of carbonyl (C=O) groups is 1. The molecule has 0 aromatic rings. The molecule has 0 aliphatic carbocycles. The van der Waals surface area contributed by atoms with Gasteiger partial charge in [-0.25, -0.2) is 0 Å². The summed E-state index contributed by atoms with van der Waals surface area (Å²) in [4.78, 5) is 12.1. The van der Waals surface area contributed by atoms with Gasteiger partial charge < -0.3 is 9.69 Å². The van der Waals surface area contributed by atoms with Crippen LogP contribution in [0, 0.1) is 0 Å². The normalized spacial score (nSPS) is 22.1. The second-order valence-corrected chi connectivity index (χ2v) is 2.02. The van der Waals surface area contributed by atoms with E-state index in [2.05, 4.69) is 0 Å². The highest BCUT2D eigenvalue weighted by atomic mass is 35.5. The van der Waals surface area contributed by atoms with Gasteiger partial charge in [0, 0.05) is 7.05 Å². The zero-order chi connectivity index (χ0) is 6.69. The Balaban J connectivity index is 0.000000810. The quantitative estimate of drug-likeness (QED) is 0.532. The Morgan fingerprint density at radius 1 is 1.50 bits per heavy atom. The molecule has 0 aromatic carbocycles. The van der Waals surface area contributed by atoms with Gasteiger partial charge in [0.25, 0.3) is 0 Å². The first kappa shape index (κ1) is 9.24. The Kier molecular flexibility index (Phi) is 3.81. The van der Waals surface area contributed by atoms with Crippen molar-refractivity contribution >= 4 is 18.7 Å². The van der Waals surface area contributed by atoms with Crippen molar-refractivity contribution in [2.75, 3.05) is 7.05 Å². The van der Waals surface area contributed by atoms with Crippen molar-refractivity contribution in [3.05, 3.63) is 24.4 Å². The standard InChI is InChI=1S/C7H9NO.ClH/c1-8-5-3-2-4-7(8)6-9;/h2-7H,1H3;1H. The number of nitrogens with zero attached hydrogens (tertiary/aromatic N) is 1. The van der Waals surface area contributed by atoms with Crippen LogP contribution in [0.25, 0.3) is 0 Å². The Bertz CT molecular complexity index is 165. The predicted octanol–water partition coefficient (Wildman–Crippen LogP) is 0.991. The van der Waals surface area contributed by atoms with Crippen LogP contribution >= 0.6 is 12.4 Å². The third-order valence-electron chi connectivity index (χ3n) is 1.35. The van der Waals surface area contributed by atoms with Gasteiger partial charge >= 0.3 is 0 Å². The monoisotopic (exact) mass is 159 g/mol. The van der Waals surface area contributed by atoms with Crippen molar-refractivity contribution < 1.29 is 4.79 Å². The number of aldehydes is 1. The molecule has 0 saturated heterocycles. The van der Waals surface area contributed by atoms with Crippen molar-refractivity contribution in [1.82, 2.24) is 4.90 Å². The number of halogens is 1. The highest BCUT2D eigenvalue weighted by molar-refractivity contribution is 5.85. The third kappa shape index (κ3) is 1.88. The third-order valence-corrected chi connectivity index (χ3v) is 1.35. The number of carbonyl (C=O) groups excluding carboxylic acids is 1. The first-order valence-corrected chi connectivity index (χ1v) is 2.87. The molecule has 0 N–H and O–H groups in total. The maximum Gasteiger partial charge on any atom is 0.146 e. The molecule has 2 nitrogen and oxygen atoms in total. The van der Waals surface area contributed by atoms with E-state index >= 15 is 0 Å². The van der Waals surface area contributed by atoms with Crippen LogP contribution in [0.15, 0.2) is 24.4 Å². The lowest BCUT2D eigenvalue weighted by molar-refractivity contribution is -0.110. The fourth-order valence-corrected chi connectivity index (χ4v) is 0.740. The van der Waals surface area contributed by atoms with E-state index in [1.807, 2.05) is 36.4 Å². The average molecular weight is 160 g/mol. The summed E-state index contributed by atoms with van der Waals surface area (Å²) in [5.74, 6) is 0. The molecule has 0 amide bonds. The molecule has 0 saturated carbocycles. The second kappa shape index (κ2) is 4.12. The van der Waals surface area contributed by atoms with Crippen LogP contribution in [0.3, 0.4) is 0 Å². The summed E-state index contributed by atoms with van der Waals surface area (Å²) < 4.78 is 0. The van der Waals surface area contributed by atoms with E-state index in [0.29, 0.717) is 0 Å². The molecule has 1 unspecified atom stereocenters. The van der Waals surface area contributed by atoms with Crippen LogP contribution in [-0.2, 0) is 4.79 Å². The molecule has 1 rings (SSSR count). The molecule has 0 fully saturated rings. The molecule has 3 heteroatoms. The predicted molar refractivity (Wildman–Crippen MR) is 43.1 cm³/mol. The maximum absolute atomic E-state index is 10.2. The van der Waals surface area contributed by atoms with E-state index in [1.165, 1.54) is 0 Å². The lowest BCUT2D eigenvalue weighted by Crippen LogP contribution is -2.27. The molecule has 0 radical (unpaired) electrons. The summed E-state index contributed by atoms with van der Waals surface area (Å²) in [5, 5.41) is 0. The molecule has 0 spiro atoms. The molecule has 1 atom stereocenters. The van der Waals surface area contributed by atoms with Gasteiger partial charge in [0.05, 0.1) is 0 Å². The van der Waals surface area contributed by atoms with Gasteiger partial charge in [-0.2, -0.15) is 0 Å². The van der Waals surface area contributed by atoms with Crippen LogP contribution in [0.1, 0.15) is 0 Å². The minimum absolute atomic E-state index is 0. The highest BCUT2D eigenvalue weighted by Gasteiger charge is 2.06. The zero-order valence-corrected chi connectivity index (χ0v) is 6.54. The first-order chi connectivity index (χ1) is 4.34. The Morgan fingerprint density at radius 3 is 2.60 bits per heavy atom. The molecule has 1 aliphatic rings. The summed E-state index contributed by atoms with van der Waals surface area (Å²) in [5.41, 5.74) is 0. The van der Waals surface area contributed by atoms with E-state index in [4.69, 9.17) is 0 Å². The van der Waals surface area contributed by atoms with Crippen molar-refractivity contribution in [2.24, 2.45) is 0 Å². The lowest BCUT2D eigenvalue weighted by Gasteiger charge is -2.20. The fourth-order valence-electron chi connectivity index (χ4n) is 0.740. The largest absolute Gasteiger partial charge is 0.367 e. The fraction of sp³-hybridized carbons (Fsp3) is 0.286. The van der Waals surface area contributed by atoms with Gasteiger partial charge in [-0.05, 0) is 12.3 Å². The molecule has 1 heterocycles. The van der Waals surface area contributed by atoms with Crippen LogP contribution in [0.4, 0.5) is 0 Å². The summed E-state index contributed by atoms with van der Waals surface area (Å²) in [6, 6.07) is -0.0602. The van der Waals surface area contributed by atoms with E-state index in [1.54, 1.807) is 0 Å². The van der Waals surface area contributed by atoms with Crippen LogP contribution in [-0.4, -0.2) is 24.3 Å². The van der Waals surface area contributed by atoms with Gasteiger partial charge in [-0.15, -0.1) is 12.4 Å². The van der Waals surface area contributed by atoms with E-state index in [-0.39, 0.29) is 18.4 Å². The van der Waals surface area contributed by atoms with Crippen LogP contribution in [0.2, 0.25) is 0 Å². The zero-order valence-electron chi connectivity index (χ0n) is 5.73. The van der Waals surface area contributed by atoms with E-state index < -0.39 is 0 Å². The van der Waals surface area contributed by atoms with Gasteiger partial charge in [0.1, 0.15) is 12.3 Å². The van der Waals surface area contributed by atoms with Crippen LogP contribution in [0.5, 0.6) is 0 Å². The summed E-state index contributed by atoms with van der Waals surface area (Å²) >= 11 is 0. The Morgan fingerprint density at radius 2 is 2.20 bits per heavy atom. The summed E-state index contributed by atoms with van der Waals surface area (Å²) in [6.07, 6.45) is 8.42. The maximum atomic E-state index is 10.2. The molecule has 1 aliphatic heterocycles. The number of likely N-dealkylation sites (N-methyl/N-ethyl adjacent to an activating group) is 1. The SMILES string of the molecule is CN1C=CC=CC1C=O.Cl. The molecule has 0 bridgehead atoms. The van der Waals surface area contributed by atoms with Crippen molar-refractivity contribution in [3.63, 3.8) is 0 Å². The second-order valence-electron chi connectivity index (χ2n) is 2.02. The van der Waals surface area contributed by atoms with Gasteiger partial charge in [-0.3, -0.25) is 0 Å². The average Bonchev–Trinajstić information content (AvgIpc) is 1.89. The summed E-state index contributed by atoms with van der Waals surface area (Å²) in [6.45, 7) is 0. The van der Waals surface area contributed by atoms with Gasteiger partial charge in [0.2, 0.25) is 0 Å². The number of rotatable bonds is 1. The molecule has 10 heavy (non-hydrogen) atoms. The number of hydrogen-bond acceptors (Lipinski definition) is 2. The Hall–Kier alpha value is -0.760. The van der Waals surface area contributed by atoms with Crippen molar-refractivity contribution in [3.8, 4) is 0 Å². The first-order valence-electron chi connectivity index (χ1n) is 2.87. The van der Waals surface area contributed by atoms with E-state index in [9.17, 15) is 4.79 Å². The van der Waals surface area contributed by atoms with E-state index in [0.717, 1.165) is 6.29 Å². The molecular weight excluding hydrogens is 150 g/mol. The van der Waals surface area contributed by atoms with Crippen molar-refractivity contribution in [1.29, 1.82) is 0 Å². The topological polar surface area (TPSA) is 20.3 Å². The minimum Gasteiger partial charge on any atom is -0.367 e. The number of hydrogen-bond donors (Lipinski definition) is 0. The van der Waals surface area contributed by atoms with Crippen molar-refractivity contribution in [2.45, 2.75) is 6.04 Å².